The van der Waals surface area contributed by atoms with Crippen molar-refractivity contribution in [2.75, 3.05) is 13.7 Å². The molecule has 6 heteroatoms. The van der Waals surface area contributed by atoms with Crippen molar-refractivity contribution >= 4 is 29.9 Å². The predicted octanol–water partition coefficient (Wildman–Crippen LogP) is 3.19. The largest absolute Gasteiger partial charge is 0.496 e. The van der Waals surface area contributed by atoms with Crippen molar-refractivity contribution in [2.24, 2.45) is 11.7 Å². The Labute approximate surface area is 144 Å². The fourth-order valence-electron chi connectivity index (χ4n) is 2.53. The maximum absolute atomic E-state index is 12.3. The summed E-state index contributed by atoms with van der Waals surface area (Å²) in [5, 5.41) is 3.62. The molecule has 1 aromatic carbocycles. The number of hydrogen-bond acceptors (Lipinski definition) is 3. The van der Waals surface area contributed by atoms with E-state index in [9.17, 15) is 4.79 Å². The molecule has 0 bridgehead atoms. The average molecular weight is 349 g/mol. The van der Waals surface area contributed by atoms with Gasteiger partial charge >= 0.3 is 0 Å². The SMILES string of the molecule is COc1ccc(Cl)cc1CC(=O)NC(C)(CN)CC(C)C.Cl. The summed E-state index contributed by atoms with van der Waals surface area (Å²) < 4.78 is 5.26. The molecule has 0 aliphatic heterocycles. The summed E-state index contributed by atoms with van der Waals surface area (Å²) in [6.07, 6.45) is 1.05. The first-order chi connectivity index (χ1) is 9.79. The van der Waals surface area contributed by atoms with Crippen molar-refractivity contribution in [2.45, 2.75) is 39.2 Å². The van der Waals surface area contributed by atoms with Gasteiger partial charge in [-0.2, -0.15) is 0 Å². The third-order valence-corrected chi connectivity index (χ3v) is 3.58. The van der Waals surface area contributed by atoms with E-state index in [1.807, 2.05) is 6.92 Å². The molecule has 1 unspecified atom stereocenters. The summed E-state index contributed by atoms with van der Waals surface area (Å²) >= 11 is 5.98. The molecule has 3 N–H and O–H groups in total. The van der Waals surface area contributed by atoms with Gasteiger partial charge in [-0.25, -0.2) is 0 Å². The van der Waals surface area contributed by atoms with Gasteiger partial charge in [0.1, 0.15) is 5.75 Å². The summed E-state index contributed by atoms with van der Waals surface area (Å²) in [6, 6.07) is 5.26. The Hall–Kier alpha value is -0.970. The Kier molecular flexibility index (Phi) is 8.83. The van der Waals surface area contributed by atoms with Crippen LogP contribution in [0.15, 0.2) is 18.2 Å². The maximum atomic E-state index is 12.3. The molecule has 0 radical (unpaired) electrons. The van der Waals surface area contributed by atoms with Crippen molar-refractivity contribution in [1.82, 2.24) is 5.32 Å². The molecule has 0 fully saturated rings. The van der Waals surface area contributed by atoms with Crippen LogP contribution < -0.4 is 15.8 Å². The van der Waals surface area contributed by atoms with Crippen LogP contribution in [-0.4, -0.2) is 25.1 Å². The van der Waals surface area contributed by atoms with E-state index in [0.717, 1.165) is 12.0 Å². The Balaban J connectivity index is 0.00000441. The first-order valence-corrected chi connectivity index (χ1v) is 7.51. The smallest absolute Gasteiger partial charge is 0.225 e. The number of nitrogens with two attached hydrogens (primary N) is 1. The molecular formula is C16H26Cl2N2O2. The molecule has 126 valence electrons. The summed E-state index contributed by atoms with van der Waals surface area (Å²) in [6.45, 7) is 6.60. The van der Waals surface area contributed by atoms with Gasteiger partial charge in [0.05, 0.1) is 13.5 Å². The molecule has 0 spiro atoms. The molecule has 1 amide bonds. The van der Waals surface area contributed by atoms with E-state index in [4.69, 9.17) is 22.1 Å². The average Bonchev–Trinajstić information content (AvgIpc) is 2.37. The molecule has 22 heavy (non-hydrogen) atoms. The fraction of sp³-hybridized carbons (Fsp3) is 0.562. The van der Waals surface area contributed by atoms with Crippen LogP contribution in [0.2, 0.25) is 5.02 Å². The summed E-state index contributed by atoms with van der Waals surface area (Å²) in [5.74, 6) is 1.04. The lowest BCUT2D eigenvalue weighted by molar-refractivity contribution is -0.122. The second-order valence-corrected chi connectivity index (χ2v) is 6.48. The molecule has 1 aromatic rings. The highest BCUT2D eigenvalue weighted by atomic mass is 35.5. The van der Waals surface area contributed by atoms with Crippen LogP contribution in [0.1, 0.15) is 32.8 Å². The maximum Gasteiger partial charge on any atom is 0.225 e. The van der Waals surface area contributed by atoms with Crippen molar-refractivity contribution < 1.29 is 9.53 Å². The van der Waals surface area contributed by atoms with Gasteiger partial charge in [-0.05, 0) is 37.5 Å². The van der Waals surface area contributed by atoms with E-state index >= 15 is 0 Å². The standard InChI is InChI=1S/C16H25ClN2O2.ClH/c1-11(2)9-16(3,10-18)19-15(20)8-12-7-13(17)5-6-14(12)21-4;/h5-7,11H,8-10,18H2,1-4H3,(H,19,20);1H. The molecule has 0 aromatic heterocycles. The summed E-state index contributed by atoms with van der Waals surface area (Å²) in [7, 11) is 1.58. The number of carbonyl (C=O) groups excluding carboxylic acids is 1. The number of halogens is 2. The summed E-state index contributed by atoms with van der Waals surface area (Å²) in [5.41, 5.74) is 6.19. The lowest BCUT2D eigenvalue weighted by atomic mass is 9.90. The van der Waals surface area contributed by atoms with Crippen molar-refractivity contribution in [3.8, 4) is 5.75 Å². The Bertz CT molecular complexity index is 495. The molecular weight excluding hydrogens is 323 g/mol. The van der Waals surface area contributed by atoms with E-state index in [0.29, 0.717) is 23.2 Å². The monoisotopic (exact) mass is 348 g/mol. The van der Waals surface area contributed by atoms with E-state index in [2.05, 4.69) is 19.2 Å². The highest BCUT2D eigenvalue weighted by Crippen LogP contribution is 2.23. The Morgan fingerprint density at radius 1 is 1.45 bits per heavy atom. The van der Waals surface area contributed by atoms with Gasteiger partial charge in [0.25, 0.3) is 0 Å². The van der Waals surface area contributed by atoms with Crippen LogP contribution >= 0.6 is 24.0 Å². The first-order valence-electron chi connectivity index (χ1n) is 7.13. The third-order valence-electron chi connectivity index (χ3n) is 3.34. The van der Waals surface area contributed by atoms with E-state index in [1.165, 1.54) is 0 Å². The zero-order valence-corrected chi connectivity index (χ0v) is 15.2. The van der Waals surface area contributed by atoms with Gasteiger partial charge in [-0.1, -0.05) is 25.4 Å². The molecule has 0 saturated carbocycles. The Morgan fingerprint density at radius 2 is 2.09 bits per heavy atom. The van der Waals surface area contributed by atoms with Crippen LogP contribution in [0.5, 0.6) is 5.75 Å². The molecule has 1 atom stereocenters. The van der Waals surface area contributed by atoms with Gasteiger partial charge in [0, 0.05) is 22.7 Å². The molecule has 0 aliphatic carbocycles. The normalized spacial score (nSPS) is 13.2. The zero-order chi connectivity index (χ0) is 16.0. The lowest BCUT2D eigenvalue weighted by Gasteiger charge is -2.31. The number of amides is 1. The molecule has 0 heterocycles. The predicted molar refractivity (Wildman–Crippen MR) is 94.0 cm³/mol. The number of benzene rings is 1. The number of rotatable bonds is 7. The van der Waals surface area contributed by atoms with Crippen LogP contribution in [0.25, 0.3) is 0 Å². The molecule has 0 saturated heterocycles. The minimum absolute atomic E-state index is 0. The van der Waals surface area contributed by atoms with E-state index in [-0.39, 0.29) is 24.7 Å². The number of carbonyl (C=O) groups is 1. The van der Waals surface area contributed by atoms with Crippen LogP contribution in [-0.2, 0) is 11.2 Å². The highest BCUT2D eigenvalue weighted by molar-refractivity contribution is 6.30. The number of ether oxygens (including phenoxy) is 1. The Morgan fingerprint density at radius 3 is 2.59 bits per heavy atom. The first kappa shape index (κ1) is 21.0. The zero-order valence-electron chi connectivity index (χ0n) is 13.6. The molecule has 0 aliphatic rings. The summed E-state index contributed by atoms with van der Waals surface area (Å²) in [4.78, 5) is 12.3. The second kappa shape index (κ2) is 9.23. The number of nitrogens with one attached hydrogen (secondary N) is 1. The quantitative estimate of drug-likeness (QED) is 0.795. The van der Waals surface area contributed by atoms with Crippen LogP contribution in [0.3, 0.4) is 0 Å². The molecule has 4 nitrogen and oxygen atoms in total. The minimum atomic E-state index is -0.392. The van der Waals surface area contributed by atoms with E-state index in [1.54, 1.807) is 25.3 Å². The number of hydrogen-bond donors (Lipinski definition) is 2. The topological polar surface area (TPSA) is 64.3 Å². The van der Waals surface area contributed by atoms with Crippen LogP contribution in [0.4, 0.5) is 0 Å². The van der Waals surface area contributed by atoms with Crippen molar-refractivity contribution in [1.29, 1.82) is 0 Å². The fourth-order valence-corrected chi connectivity index (χ4v) is 2.72. The van der Waals surface area contributed by atoms with E-state index < -0.39 is 5.54 Å². The van der Waals surface area contributed by atoms with Gasteiger partial charge in [-0.3, -0.25) is 4.79 Å². The van der Waals surface area contributed by atoms with Gasteiger partial charge < -0.3 is 15.8 Å². The second-order valence-electron chi connectivity index (χ2n) is 6.04. The highest BCUT2D eigenvalue weighted by Gasteiger charge is 2.26. The van der Waals surface area contributed by atoms with Gasteiger partial charge in [0.15, 0.2) is 0 Å². The van der Waals surface area contributed by atoms with Gasteiger partial charge in [0.2, 0.25) is 5.91 Å². The van der Waals surface area contributed by atoms with Crippen molar-refractivity contribution in [3.63, 3.8) is 0 Å². The third kappa shape index (κ3) is 6.42. The lowest BCUT2D eigenvalue weighted by Crippen LogP contribution is -2.52. The number of methoxy groups -OCH3 is 1. The van der Waals surface area contributed by atoms with Gasteiger partial charge in [-0.15, -0.1) is 12.4 Å². The molecule has 1 rings (SSSR count). The van der Waals surface area contributed by atoms with Crippen molar-refractivity contribution in [3.05, 3.63) is 28.8 Å². The van der Waals surface area contributed by atoms with Crippen LogP contribution in [0, 0.1) is 5.92 Å². The minimum Gasteiger partial charge on any atom is -0.496 e.